The normalized spacial score (nSPS) is 13.1. The van der Waals surface area contributed by atoms with Crippen molar-refractivity contribution in [2.75, 3.05) is 0 Å². The maximum absolute atomic E-state index is 4.83. The number of imidazole rings is 1. The predicted molar refractivity (Wildman–Crippen MR) is 84.2 cm³/mol. The van der Waals surface area contributed by atoms with Crippen LogP contribution in [0.1, 0.15) is 55.0 Å². The molecule has 2 rings (SSSR count). The lowest BCUT2D eigenvalue weighted by molar-refractivity contribution is 0.500. The van der Waals surface area contributed by atoms with Crippen molar-refractivity contribution in [2.45, 2.75) is 59.7 Å². The third-order valence-electron chi connectivity index (χ3n) is 3.37. The van der Waals surface area contributed by atoms with E-state index in [9.17, 15) is 0 Å². The van der Waals surface area contributed by atoms with Gasteiger partial charge in [-0.3, -0.25) is 0 Å². The third kappa shape index (κ3) is 3.10. The molecule has 2 heterocycles. The molecule has 0 spiro atoms. The van der Waals surface area contributed by atoms with Crippen LogP contribution in [0.3, 0.4) is 0 Å². The second kappa shape index (κ2) is 6.50. The molecule has 4 nitrogen and oxygen atoms in total. The molecule has 1 atom stereocenters. The first-order valence-electron chi connectivity index (χ1n) is 7.29. The molecule has 2 aromatic rings. The van der Waals surface area contributed by atoms with Crippen molar-refractivity contribution in [2.24, 2.45) is 0 Å². The maximum Gasteiger partial charge on any atom is 0.116 e. The Morgan fingerprint density at radius 2 is 2.10 bits per heavy atom. The van der Waals surface area contributed by atoms with Gasteiger partial charge in [0.15, 0.2) is 0 Å². The molecule has 0 fully saturated rings. The molecule has 0 aliphatic carbocycles. The largest absolute Gasteiger partial charge is 0.333 e. The molecule has 0 amide bonds. The number of rotatable bonds is 6. The molecular formula is C15H24N4S. The van der Waals surface area contributed by atoms with E-state index in [2.05, 4.69) is 49.5 Å². The Kier molecular flexibility index (Phi) is 4.94. The van der Waals surface area contributed by atoms with Gasteiger partial charge in [0.1, 0.15) is 11.0 Å². The van der Waals surface area contributed by atoms with Crippen LogP contribution >= 0.6 is 11.3 Å². The van der Waals surface area contributed by atoms with Gasteiger partial charge in [-0.05, 0) is 34.1 Å². The van der Waals surface area contributed by atoms with Crippen LogP contribution in [0.5, 0.6) is 0 Å². The van der Waals surface area contributed by atoms with E-state index >= 15 is 0 Å². The van der Waals surface area contributed by atoms with Crippen molar-refractivity contribution < 1.29 is 0 Å². The Labute approximate surface area is 125 Å². The summed E-state index contributed by atoms with van der Waals surface area (Å²) < 4.78 is 2.18. The van der Waals surface area contributed by atoms with E-state index in [0.29, 0.717) is 6.04 Å². The second-order valence-corrected chi connectivity index (χ2v) is 6.50. The third-order valence-corrected chi connectivity index (χ3v) is 4.45. The van der Waals surface area contributed by atoms with E-state index in [1.165, 1.54) is 16.3 Å². The molecule has 1 unspecified atom stereocenters. The summed E-state index contributed by atoms with van der Waals surface area (Å²) in [5.41, 5.74) is 2.40. The highest BCUT2D eigenvalue weighted by molar-refractivity contribution is 7.11. The summed E-state index contributed by atoms with van der Waals surface area (Å²) in [6.45, 7) is 11.7. The van der Waals surface area contributed by atoms with Crippen LogP contribution < -0.4 is 5.32 Å². The first kappa shape index (κ1) is 15.2. The minimum atomic E-state index is 0.126. The number of hydrogen-bond donors (Lipinski definition) is 1. The van der Waals surface area contributed by atoms with Crippen LogP contribution in [-0.4, -0.2) is 20.6 Å². The van der Waals surface area contributed by atoms with E-state index in [-0.39, 0.29) is 6.04 Å². The van der Waals surface area contributed by atoms with Gasteiger partial charge in [0.05, 0.1) is 23.9 Å². The standard InChI is InChI=1S/C15H24N4S/c1-6-12-11(5)20-15(18-12)14(17-10(3)4)13-8-16-9-19(13)7-2/h8-10,14,17H,6-7H2,1-5H3. The van der Waals surface area contributed by atoms with Crippen molar-refractivity contribution >= 4 is 11.3 Å². The number of aromatic nitrogens is 3. The van der Waals surface area contributed by atoms with Crippen molar-refractivity contribution in [1.29, 1.82) is 0 Å². The highest BCUT2D eigenvalue weighted by atomic mass is 32.1. The van der Waals surface area contributed by atoms with Crippen LogP contribution in [0.4, 0.5) is 0 Å². The Morgan fingerprint density at radius 3 is 2.65 bits per heavy atom. The summed E-state index contributed by atoms with van der Waals surface area (Å²) in [5, 5.41) is 4.77. The summed E-state index contributed by atoms with van der Waals surface area (Å²) in [5.74, 6) is 0. The smallest absolute Gasteiger partial charge is 0.116 e. The summed E-state index contributed by atoms with van der Waals surface area (Å²) >= 11 is 1.79. The van der Waals surface area contributed by atoms with Gasteiger partial charge in [0.2, 0.25) is 0 Å². The van der Waals surface area contributed by atoms with Gasteiger partial charge < -0.3 is 9.88 Å². The lowest BCUT2D eigenvalue weighted by Crippen LogP contribution is -2.30. The van der Waals surface area contributed by atoms with E-state index in [4.69, 9.17) is 4.98 Å². The van der Waals surface area contributed by atoms with E-state index < -0.39 is 0 Å². The Morgan fingerprint density at radius 1 is 1.35 bits per heavy atom. The second-order valence-electron chi connectivity index (χ2n) is 5.27. The minimum Gasteiger partial charge on any atom is -0.333 e. The van der Waals surface area contributed by atoms with Gasteiger partial charge in [-0.2, -0.15) is 0 Å². The monoisotopic (exact) mass is 292 g/mol. The molecule has 0 radical (unpaired) electrons. The average molecular weight is 292 g/mol. The number of thiazole rings is 1. The zero-order valence-corrected chi connectivity index (χ0v) is 13.8. The molecule has 1 N–H and O–H groups in total. The molecule has 5 heteroatoms. The molecule has 0 saturated heterocycles. The molecule has 0 bridgehead atoms. The Hall–Kier alpha value is -1.20. The highest BCUT2D eigenvalue weighted by Gasteiger charge is 2.22. The first-order valence-corrected chi connectivity index (χ1v) is 8.10. The SMILES string of the molecule is CCc1nc(C(NC(C)C)c2cncn2CC)sc1C. The fourth-order valence-electron chi connectivity index (χ4n) is 2.35. The van der Waals surface area contributed by atoms with Crippen molar-refractivity contribution in [1.82, 2.24) is 19.9 Å². The van der Waals surface area contributed by atoms with Crippen LogP contribution in [0.2, 0.25) is 0 Å². The van der Waals surface area contributed by atoms with Crippen LogP contribution in [0, 0.1) is 6.92 Å². The maximum atomic E-state index is 4.83. The molecule has 20 heavy (non-hydrogen) atoms. The zero-order valence-electron chi connectivity index (χ0n) is 13.0. The van der Waals surface area contributed by atoms with Crippen molar-refractivity contribution in [3.05, 3.63) is 33.8 Å². The molecule has 2 aromatic heterocycles. The number of aryl methyl sites for hydroxylation is 3. The van der Waals surface area contributed by atoms with Gasteiger partial charge in [-0.25, -0.2) is 9.97 Å². The first-order chi connectivity index (χ1) is 9.56. The summed E-state index contributed by atoms with van der Waals surface area (Å²) in [7, 11) is 0. The van der Waals surface area contributed by atoms with Gasteiger partial charge in [-0.1, -0.05) is 6.92 Å². The average Bonchev–Trinajstić information content (AvgIpc) is 3.01. The quantitative estimate of drug-likeness (QED) is 0.888. The lowest BCUT2D eigenvalue weighted by atomic mass is 10.2. The summed E-state index contributed by atoms with van der Waals surface area (Å²) in [4.78, 5) is 10.4. The van der Waals surface area contributed by atoms with Crippen molar-refractivity contribution in [3.63, 3.8) is 0 Å². The van der Waals surface area contributed by atoms with Crippen LogP contribution in [0.15, 0.2) is 12.5 Å². The van der Waals surface area contributed by atoms with E-state index in [1.54, 1.807) is 11.3 Å². The molecule has 110 valence electrons. The highest BCUT2D eigenvalue weighted by Crippen LogP contribution is 2.28. The van der Waals surface area contributed by atoms with Gasteiger partial charge in [0, 0.05) is 17.5 Å². The Bertz CT molecular complexity index is 556. The predicted octanol–water partition coefficient (Wildman–Crippen LogP) is 3.32. The fourth-order valence-corrected chi connectivity index (χ4v) is 3.44. The van der Waals surface area contributed by atoms with Gasteiger partial charge in [-0.15, -0.1) is 11.3 Å². The van der Waals surface area contributed by atoms with Gasteiger partial charge in [0.25, 0.3) is 0 Å². The molecule has 0 aliphatic heterocycles. The van der Waals surface area contributed by atoms with E-state index in [0.717, 1.165) is 18.0 Å². The topological polar surface area (TPSA) is 42.7 Å². The zero-order chi connectivity index (χ0) is 14.7. The van der Waals surface area contributed by atoms with Gasteiger partial charge >= 0.3 is 0 Å². The number of nitrogens with zero attached hydrogens (tertiary/aromatic N) is 3. The molecular weight excluding hydrogens is 268 g/mol. The number of hydrogen-bond acceptors (Lipinski definition) is 4. The molecule has 0 saturated carbocycles. The lowest BCUT2D eigenvalue weighted by Gasteiger charge is -2.20. The van der Waals surface area contributed by atoms with Crippen LogP contribution in [0.25, 0.3) is 0 Å². The fraction of sp³-hybridized carbons (Fsp3) is 0.600. The Balaban J connectivity index is 2.41. The van der Waals surface area contributed by atoms with E-state index in [1.807, 2.05) is 12.5 Å². The van der Waals surface area contributed by atoms with Crippen LogP contribution in [-0.2, 0) is 13.0 Å². The summed E-state index contributed by atoms with van der Waals surface area (Å²) in [6.07, 6.45) is 4.83. The summed E-state index contributed by atoms with van der Waals surface area (Å²) in [6, 6.07) is 0.524. The molecule has 0 aliphatic rings. The minimum absolute atomic E-state index is 0.126. The number of nitrogens with one attached hydrogen (secondary N) is 1. The molecule has 0 aromatic carbocycles. The van der Waals surface area contributed by atoms with Crippen molar-refractivity contribution in [3.8, 4) is 0 Å².